The predicted molar refractivity (Wildman–Crippen MR) is 198 cm³/mol. The van der Waals surface area contributed by atoms with Gasteiger partial charge in [0, 0.05) is 11.1 Å². The molecule has 0 fully saturated rings. The molecule has 25 heteroatoms. The lowest BCUT2D eigenvalue weighted by Crippen LogP contribution is -2.12. The van der Waals surface area contributed by atoms with Crippen LogP contribution in [0.5, 0.6) is 0 Å². The number of benzene rings is 6. The lowest BCUT2D eigenvalue weighted by Gasteiger charge is -2.18. The lowest BCUT2D eigenvalue weighted by atomic mass is 9.88. The molecule has 0 heterocycles. The Labute approximate surface area is 374 Å². The highest BCUT2D eigenvalue weighted by atomic mass is 19.4. The zero-order valence-corrected chi connectivity index (χ0v) is 33.4. The third kappa shape index (κ3) is 11.8. The largest absolute Gasteiger partial charge is 0.416 e. The van der Waals surface area contributed by atoms with Crippen molar-refractivity contribution in [1.29, 1.82) is 0 Å². The number of halogens is 24. The third-order valence-electron chi connectivity index (χ3n) is 10.1. The maximum Gasteiger partial charge on any atom is 0.416 e. The second kappa shape index (κ2) is 17.3. The molecule has 0 atom stereocenters. The van der Waals surface area contributed by atoms with E-state index in [1.165, 1.54) is 0 Å². The van der Waals surface area contributed by atoms with E-state index < -0.39 is 180 Å². The summed E-state index contributed by atoms with van der Waals surface area (Å²) in [4.78, 5) is 14.6. The van der Waals surface area contributed by atoms with Crippen LogP contribution < -0.4 is 0 Å². The van der Waals surface area contributed by atoms with E-state index in [-0.39, 0.29) is 48.5 Å². The van der Waals surface area contributed by atoms with Crippen LogP contribution in [0.15, 0.2) is 109 Å². The summed E-state index contributed by atoms with van der Waals surface area (Å²) in [5, 5.41) is 0. The molecule has 0 aromatic heterocycles. The number of rotatable bonds is 6. The lowest BCUT2D eigenvalue weighted by molar-refractivity contribution is -0.144. The van der Waals surface area contributed by atoms with Crippen molar-refractivity contribution in [3.63, 3.8) is 0 Å². The minimum atomic E-state index is -5.60. The van der Waals surface area contributed by atoms with Gasteiger partial charge in [-0.3, -0.25) is 4.79 Å². The molecular formula is C45H18F24O. The molecule has 0 bridgehead atoms. The molecule has 0 aliphatic rings. The number of alkyl halides is 24. The Bertz CT molecular complexity index is 2470. The molecule has 6 aromatic carbocycles. The molecule has 0 aliphatic carbocycles. The van der Waals surface area contributed by atoms with E-state index in [9.17, 15) is 110 Å². The molecule has 0 N–H and O–H groups in total. The first-order valence-electron chi connectivity index (χ1n) is 18.6. The summed E-state index contributed by atoms with van der Waals surface area (Å²) < 4.78 is 335. The Kier molecular flexibility index (Phi) is 13.0. The van der Waals surface area contributed by atoms with Gasteiger partial charge in [0.25, 0.3) is 0 Å². The van der Waals surface area contributed by atoms with Gasteiger partial charge >= 0.3 is 49.4 Å². The Morgan fingerprint density at radius 1 is 0.200 bits per heavy atom. The fourth-order valence-electron chi connectivity index (χ4n) is 6.84. The van der Waals surface area contributed by atoms with Crippen molar-refractivity contribution in [2.45, 2.75) is 49.4 Å². The van der Waals surface area contributed by atoms with Gasteiger partial charge in [-0.05, 0) is 154 Å². The Morgan fingerprint density at radius 3 is 0.457 bits per heavy atom. The predicted octanol–water partition coefficient (Wildman–Crippen LogP) is 17.7. The number of carbonyl (C=O) groups is 1. The van der Waals surface area contributed by atoms with E-state index in [0.717, 1.165) is 0 Å². The Hall–Kier alpha value is -6.69. The molecular weight excluding hydrogens is 1010 g/mol. The van der Waals surface area contributed by atoms with E-state index in [2.05, 4.69) is 0 Å². The van der Waals surface area contributed by atoms with Crippen molar-refractivity contribution in [1.82, 2.24) is 0 Å². The van der Waals surface area contributed by atoms with Gasteiger partial charge in [-0.25, -0.2) is 0 Å². The molecule has 0 amide bonds. The minimum absolute atomic E-state index is 0.00631. The van der Waals surface area contributed by atoms with Crippen LogP contribution in [0.1, 0.15) is 60.4 Å². The molecule has 1 nitrogen and oxygen atoms in total. The fraction of sp³-hybridized carbons (Fsp3) is 0.178. The van der Waals surface area contributed by atoms with Crippen LogP contribution in [-0.4, -0.2) is 5.78 Å². The minimum Gasteiger partial charge on any atom is -0.289 e. The van der Waals surface area contributed by atoms with Crippen LogP contribution in [0.2, 0.25) is 0 Å². The number of carbonyl (C=O) groups excluding carboxylic acids is 1. The van der Waals surface area contributed by atoms with Crippen LogP contribution in [0.25, 0.3) is 44.5 Å². The van der Waals surface area contributed by atoms with E-state index in [1.54, 1.807) is 0 Å². The van der Waals surface area contributed by atoms with Crippen LogP contribution in [0, 0.1) is 0 Å². The first-order chi connectivity index (χ1) is 31.6. The molecule has 0 unspecified atom stereocenters. The van der Waals surface area contributed by atoms with Gasteiger partial charge in [0.1, 0.15) is 0 Å². The first kappa shape index (κ1) is 52.7. The van der Waals surface area contributed by atoms with E-state index in [0.29, 0.717) is 36.4 Å². The van der Waals surface area contributed by atoms with Gasteiger partial charge in [-0.15, -0.1) is 0 Å². The molecule has 372 valence electrons. The van der Waals surface area contributed by atoms with Crippen molar-refractivity contribution in [2.24, 2.45) is 0 Å². The zero-order chi connectivity index (χ0) is 52.7. The second-order valence-corrected chi connectivity index (χ2v) is 15.1. The smallest absolute Gasteiger partial charge is 0.289 e. The topological polar surface area (TPSA) is 17.1 Å². The van der Waals surface area contributed by atoms with Gasteiger partial charge in [0.05, 0.1) is 44.5 Å². The van der Waals surface area contributed by atoms with E-state index >= 15 is 0 Å². The standard InChI is InChI=1S/C45H18F24O/c46-38(47,48)29-7-23(8-30(15-29)39(49,50)51)19-1-20(24-9-31(40(52,53)54)16-32(10-24)41(55,56)57)4-27(3-19)37(70)28-5-21(25-11-33(42(58,59)60)17-34(12-25)43(61,62)63)2-22(6-28)26-13-35(44(64,65)66)18-36(14-26)45(67,68)69/h1-18H. The summed E-state index contributed by atoms with van der Waals surface area (Å²) in [6.07, 6.45) is -44.8. The quantitative estimate of drug-likeness (QED) is 0.120. The average Bonchev–Trinajstić information content (AvgIpc) is 3.22. The van der Waals surface area contributed by atoms with Gasteiger partial charge in [-0.2, -0.15) is 105 Å². The van der Waals surface area contributed by atoms with Crippen LogP contribution in [0.3, 0.4) is 0 Å². The van der Waals surface area contributed by atoms with Crippen LogP contribution in [0.4, 0.5) is 105 Å². The fourth-order valence-corrected chi connectivity index (χ4v) is 6.84. The van der Waals surface area contributed by atoms with Gasteiger partial charge in [0.2, 0.25) is 0 Å². The maximum absolute atomic E-state index is 14.6. The second-order valence-electron chi connectivity index (χ2n) is 15.1. The molecule has 6 aromatic rings. The van der Waals surface area contributed by atoms with Gasteiger partial charge < -0.3 is 0 Å². The monoisotopic (exact) mass is 1030 g/mol. The van der Waals surface area contributed by atoms with Crippen molar-refractivity contribution >= 4 is 5.78 Å². The summed E-state index contributed by atoms with van der Waals surface area (Å²) in [6, 6.07) is 0.905. The summed E-state index contributed by atoms with van der Waals surface area (Å²) >= 11 is 0. The number of hydrogen-bond acceptors (Lipinski definition) is 1. The number of ketones is 1. The highest BCUT2D eigenvalue weighted by Gasteiger charge is 2.41. The molecule has 0 radical (unpaired) electrons. The summed E-state index contributed by atoms with van der Waals surface area (Å²) in [7, 11) is 0. The summed E-state index contributed by atoms with van der Waals surface area (Å²) in [6.45, 7) is 0. The highest BCUT2D eigenvalue weighted by molar-refractivity contribution is 6.11. The summed E-state index contributed by atoms with van der Waals surface area (Å²) in [5.74, 6) is -1.76. The summed E-state index contributed by atoms with van der Waals surface area (Å²) in [5.41, 5.74) is -27.5. The molecule has 0 aliphatic heterocycles. The van der Waals surface area contributed by atoms with E-state index in [1.807, 2.05) is 0 Å². The van der Waals surface area contributed by atoms with Gasteiger partial charge in [0.15, 0.2) is 5.78 Å². The molecule has 6 rings (SSSR count). The molecule has 70 heavy (non-hydrogen) atoms. The third-order valence-corrected chi connectivity index (χ3v) is 10.1. The van der Waals surface area contributed by atoms with E-state index in [4.69, 9.17) is 0 Å². The molecule has 0 saturated carbocycles. The normalized spacial score (nSPS) is 13.5. The average molecular weight is 1030 g/mol. The SMILES string of the molecule is O=C(c1cc(-c2cc(C(F)(F)F)cc(C(F)(F)F)c2)cc(-c2cc(C(F)(F)F)cc(C(F)(F)F)c2)c1)c1cc(-c2cc(C(F)(F)F)cc(C(F)(F)F)c2)cc(-c2cc(C(F)(F)F)cc(C(F)(F)F)c2)c1. The maximum atomic E-state index is 14.6. The molecule has 0 spiro atoms. The van der Waals surface area contributed by atoms with Crippen molar-refractivity contribution in [3.8, 4) is 44.5 Å². The Morgan fingerprint density at radius 2 is 0.329 bits per heavy atom. The van der Waals surface area contributed by atoms with Crippen molar-refractivity contribution in [2.75, 3.05) is 0 Å². The highest BCUT2D eigenvalue weighted by Crippen LogP contribution is 2.45. The first-order valence-corrected chi connectivity index (χ1v) is 18.6. The van der Waals surface area contributed by atoms with Crippen molar-refractivity contribution < 1.29 is 110 Å². The Balaban J connectivity index is 1.74. The van der Waals surface area contributed by atoms with Crippen LogP contribution in [-0.2, 0) is 49.4 Å². The molecule has 0 saturated heterocycles. The zero-order valence-electron chi connectivity index (χ0n) is 33.4. The van der Waals surface area contributed by atoms with Crippen molar-refractivity contribution in [3.05, 3.63) is 165 Å². The van der Waals surface area contributed by atoms with Crippen LogP contribution >= 0.6 is 0 Å². The van der Waals surface area contributed by atoms with Gasteiger partial charge in [-0.1, -0.05) is 0 Å². The number of hydrogen-bond donors (Lipinski definition) is 0.